The third kappa shape index (κ3) is 1.89. The molecule has 1 aliphatic heterocycles. The summed E-state index contributed by atoms with van der Waals surface area (Å²) in [7, 11) is 0. The van der Waals surface area contributed by atoms with E-state index >= 15 is 0 Å². The number of carbonyl (C=O) groups is 1. The van der Waals surface area contributed by atoms with E-state index in [1.165, 1.54) is 0 Å². The smallest absolute Gasteiger partial charge is 0.342 e. The molecule has 1 atom stereocenters. The second-order valence-corrected chi connectivity index (χ2v) is 3.13. The summed E-state index contributed by atoms with van der Waals surface area (Å²) >= 11 is 0. The average molecular weight is 161 g/mol. The molecular formula is C7H12FNO2. The van der Waals surface area contributed by atoms with E-state index in [1.807, 2.05) is 0 Å². The molecule has 0 radical (unpaired) electrons. The molecule has 1 aliphatic rings. The number of alkyl halides is 1. The third-order valence-corrected chi connectivity index (χ3v) is 1.92. The van der Waals surface area contributed by atoms with Crippen LogP contribution in [0.4, 0.5) is 4.39 Å². The Hall–Kier alpha value is -0.640. The van der Waals surface area contributed by atoms with Gasteiger partial charge in [0.1, 0.15) is 0 Å². The molecule has 64 valence electrons. The fourth-order valence-electron chi connectivity index (χ4n) is 1.03. The van der Waals surface area contributed by atoms with Crippen molar-refractivity contribution in [1.82, 2.24) is 4.90 Å². The standard InChI is InChI=1S/C7H12FNO2/c1-7(8,6(10)11)5-9-3-2-4-9/h2-5H2,1H3,(H,10,11). The molecule has 0 spiro atoms. The fraction of sp³-hybridized carbons (Fsp3) is 0.857. The summed E-state index contributed by atoms with van der Waals surface area (Å²) in [4.78, 5) is 12.1. The molecular weight excluding hydrogens is 149 g/mol. The van der Waals surface area contributed by atoms with Crippen LogP contribution in [-0.4, -0.2) is 41.3 Å². The lowest BCUT2D eigenvalue weighted by molar-refractivity contribution is -0.151. The first kappa shape index (κ1) is 8.46. The van der Waals surface area contributed by atoms with Crippen LogP contribution in [0.1, 0.15) is 13.3 Å². The topological polar surface area (TPSA) is 40.5 Å². The second-order valence-electron chi connectivity index (χ2n) is 3.13. The van der Waals surface area contributed by atoms with E-state index in [1.54, 1.807) is 4.90 Å². The van der Waals surface area contributed by atoms with Crippen LogP contribution in [0.3, 0.4) is 0 Å². The summed E-state index contributed by atoms with van der Waals surface area (Å²) < 4.78 is 13.0. The van der Waals surface area contributed by atoms with Gasteiger partial charge in [-0.2, -0.15) is 0 Å². The van der Waals surface area contributed by atoms with Gasteiger partial charge in [0.05, 0.1) is 0 Å². The minimum atomic E-state index is -2.08. The molecule has 1 rings (SSSR count). The molecule has 0 aromatic rings. The zero-order valence-corrected chi connectivity index (χ0v) is 6.51. The SMILES string of the molecule is CC(F)(CN1CCC1)C(=O)O. The molecule has 0 aromatic heterocycles. The number of aliphatic carboxylic acids is 1. The Morgan fingerprint density at radius 2 is 2.27 bits per heavy atom. The van der Waals surface area contributed by atoms with Gasteiger partial charge in [0, 0.05) is 6.54 Å². The van der Waals surface area contributed by atoms with Crippen LogP contribution < -0.4 is 0 Å². The number of carboxylic acids is 1. The van der Waals surface area contributed by atoms with Gasteiger partial charge >= 0.3 is 5.97 Å². The number of hydrogen-bond acceptors (Lipinski definition) is 2. The highest BCUT2D eigenvalue weighted by Crippen LogP contribution is 2.16. The summed E-state index contributed by atoms with van der Waals surface area (Å²) in [5, 5.41) is 8.41. The van der Waals surface area contributed by atoms with Gasteiger partial charge in [-0.3, -0.25) is 4.90 Å². The average Bonchev–Trinajstić information content (AvgIpc) is 1.79. The number of carboxylic acid groups (broad SMARTS) is 1. The van der Waals surface area contributed by atoms with Crippen molar-refractivity contribution in [2.24, 2.45) is 0 Å². The highest BCUT2D eigenvalue weighted by Gasteiger charge is 2.36. The predicted molar refractivity (Wildman–Crippen MR) is 38.2 cm³/mol. The van der Waals surface area contributed by atoms with Crippen LogP contribution in [0.5, 0.6) is 0 Å². The molecule has 1 fully saturated rings. The normalized spacial score (nSPS) is 23.8. The zero-order chi connectivity index (χ0) is 8.48. The Kier molecular flexibility index (Phi) is 2.13. The minimum Gasteiger partial charge on any atom is -0.479 e. The molecule has 11 heavy (non-hydrogen) atoms. The van der Waals surface area contributed by atoms with Crippen LogP contribution >= 0.6 is 0 Å². The molecule has 1 unspecified atom stereocenters. The lowest BCUT2D eigenvalue weighted by atomic mass is 10.1. The molecule has 1 heterocycles. The van der Waals surface area contributed by atoms with Crippen LogP contribution in [0.25, 0.3) is 0 Å². The van der Waals surface area contributed by atoms with Crippen molar-refractivity contribution >= 4 is 5.97 Å². The van der Waals surface area contributed by atoms with Crippen LogP contribution in [0.15, 0.2) is 0 Å². The van der Waals surface area contributed by atoms with Crippen LogP contribution in [0, 0.1) is 0 Å². The van der Waals surface area contributed by atoms with E-state index in [0.29, 0.717) is 0 Å². The maximum Gasteiger partial charge on any atom is 0.342 e. The van der Waals surface area contributed by atoms with Crippen molar-refractivity contribution in [3.8, 4) is 0 Å². The number of halogens is 1. The monoisotopic (exact) mass is 161 g/mol. The number of rotatable bonds is 3. The summed E-state index contributed by atoms with van der Waals surface area (Å²) in [6.07, 6.45) is 1.05. The van der Waals surface area contributed by atoms with E-state index in [4.69, 9.17) is 5.11 Å². The Morgan fingerprint density at radius 1 is 1.73 bits per heavy atom. The zero-order valence-electron chi connectivity index (χ0n) is 6.51. The molecule has 1 saturated heterocycles. The summed E-state index contributed by atoms with van der Waals surface area (Å²) in [5.74, 6) is -1.37. The van der Waals surface area contributed by atoms with Gasteiger partial charge in [-0.05, 0) is 26.4 Å². The van der Waals surface area contributed by atoms with Crippen molar-refractivity contribution in [3.63, 3.8) is 0 Å². The van der Waals surface area contributed by atoms with Gasteiger partial charge in [-0.15, -0.1) is 0 Å². The van der Waals surface area contributed by atoms with Gasteiger partial charge in [-0.1, -0.05) is 0 Å². The van der Waals surface area contributed by atoms with E-state index in [9.17, 15) is 9.18 Å². The minimum absolute atomic E-state index is 0.0162. The predicted octanol–water partition coefficient (Wildman–Crippen LogP) is 0.505. The molecule has 3 nitrogen and oxygen atoms in total. The first-order chi connectivity index (χ1) is 5.02. The third-order valence-electron chi connectivity index (χ3n) is 1.92. The maximum absolute atomic E-state index is 13.0. The van der Waals surface area contributed by atoms with Gasteiger partial charge in [0.2, 0.25) is 5.67 Å². The number of hydrogen-bond donors (Lipinski definition) is 1. The first-order valence-corrected chi connectivity index (χ1v) is 3.67. The van der Waals surface area contributed by atoms with Crippen molar-refractivity contribution in [2.75, 3.05) is 19.6 Å². The highest BCUT2D eigenvalue weighted by atomic mass is 19.1. The summed E-state index contributed by atoms with van der Waals surface area (Å²) in [5.41, 5.74) is -2.08. The number of nitrogens with zero attached hydrogens (tertiary/aromatic N) is 1. The fourth-order valence-corrected chi connectivity index (χ4v) is 1.03. The molecule has 0 amide bonds. The van der Waals surface area contributed by atoms with E-state index in [2.05, 4.69) is 0 Å². The van der Waals surface area contributed by atoms with E-state index in [0.717, 1.165) is 26.4 Å². The molecule has 0 bridgehead atoms. The molecule has 0 saturated carbocycles. The number of likely N-dealkylation sites (tertiary alicyclic amines) is 1. The quantitative estimate of drug-likeness (QED) is 0.655. The van der Waals surface area contributed by atoms with Crippen molar-refractivity contribution in [3.05, 3.63) is 0 Å². The Morgan fingerprint density at radius 3 is 2.55 bits per heavy atom. The Labute approximate surface area is 64.8 Å². The largest absolute Gasteiger partial charge is 0.479 e. The summed E-state index contributed by atoms with van der Waals surface area (Å²) in [6.45, 7) is 2.77. The first-order valence-electron chi connectivity index (χ1n) is 3.67. The summed E-state index contributed by atoms with van der Waals surface area (Å²) in [6, 6.07) is 0. The van der Waals surface area contributed by atoms with Gasteiger partial charge in [0.25, 0.3) is 0 Å². The molecule has 0 aliphatic carbocycles. The Bertz CT molecular complexity index is 166. The Balaban J connectivity index is 2.38. The van der Waals surface area contributed by atoms with E-state index in [-0.39, 0.29) is 6.54 Å². The highest BCUT2D eigenvalue weighted by molar-refractivity contribution is 5.77. The van der Waals surface area contributed by atoms with Crippen molar-refractivity contribution in [2.45, 2.75) is 19.0 Å². The lowest BCUT2D eigenvalue weighted by Gasteiger charge is -2.33. The maximum atomic E-state index is 13.0. The van der Waals surface area contributed by atoms with Crippen LogP contribution in [-0.2, 0) is 4.79 Å². The van der Waals surface area contributed by atoms with E-state index < -0.39 is 11.6 Å². The second kappa shape index (κ2) is 2.77. The molecule has 1 N–H and O–H groups in total. The molecule has 0 aromatic carbocycles. The van der Waals surface area contributed by atoms with Gasteiger partial charge in [-0.25, -0.2) is 9.18 Å². The van der Waals surface area contributed by atoms with Crippen molar-refractivity contribution in [1.29, 1.82) is 0 Å². The molecule has 4 heteroatoms. The van der Waals surface area contributed by atoms with Gasteiger partial charge in [0.15, 0.2) is 0 Å². The van der Waals surface area contributed by atoms with Crippen LogP contribution in [0.2, 0.25) is 0 Å². The van der Waals surface area contributed by atoms with Gasteiger partial charge < -0.3 is 5.11 Å². The lowest BCUT2D eigenvalue weighted by Crippen LogP contribution is -2.48. The van der Waals surface area contributed by atoms with Crippen molar-refractivity contribution < 1.29 is 14.3 Å².